The number of hydrogen-bond donors (Lipinski definition) is 1. The molecule has 0 spiro atoms. The standard InChI is InChI=1S/C14H29NO3/c1-8-13(4,5)18-11(3)10-14(6,15-7)12(16)17-9-2/h11,15H,8-10H2,1-7H3. The highest BCUT2D eigenvalue weighted by Crippen LogP contribution is 2.22. The van der Waals surface area contributed by atoms with E-state index < -0.39 is 5.54 Å². The maximum absolute atomic E-state index is 11.9. The highest BCUT2D eigenvalue weighted by molar-refractivity contribution is 5.80. The first-order valence-corrected chi connectivity index (χ1v) is 6.74. The molecule has 0 saturated heterocycles. The van der Waals surface area contributed by atoms with Crippen molar-refractivity contribution in [2.75, 3.05) is 13.7 Å². The first-order chi connectivity index (χ1) is 8.20. The van der Waals surface area contributed by atoms with E-state index in [9.17, 15) is 4.79 Å². The van der Waals surface area contributed by atoms with Gasteiger partial charge < -0.3 is 14.8 Å². The monoisotopic (exact) mass is 259 g/mol. The molecule has 0 aromatic heterocycles. The molecule has 108 valence electrons. The maximum atomic E-state index is 11.9. The van der Waals surface area contributed by atoms with Crippen molar-refractivity contribution in [3.05, 3.63) is 0 Å². The summed E-state index contributed by atoms with van der Waals surface area (Å²) in [6.07, 6.45) is 1.51. The fraction of sp³-hybridized carbons (Fsp3) is 0.929. The summed E-state index contributed by atoms with van der Waals surface area (Å²) in [5.74, 6) is -0.225. The van der Waals surface area contributed by atoms with Crippen LogP contribution in [0.25, 0.3) is 0 Å². The zero-order valence-corrected chi connectivity index (χ0v) is 12.9. The van der Waals surface area contributed by atoms with Crippen LogP contribution in [0.5, 0.6) is 0 Å². The normalized spacial score (nSPS) is 17.1. The van der Waals surface area contributed by atoms with E-state index in [-0.39, 0.29) is 17.7 Å². The minimum atomic E-state index is -0.695. The van der Waals surface area contributed by atoms with Crippen molar-refractivity contribution >= 4 is 5.97 Å². The Morgan fingerprint density at radius 3 is 2.22 bits per heavy atom. The molecule has 0 aromatic rings. The molecule has 2 unspecified atom stereocenters. The summed E-state index contributed by atoms with van der Waals surface area (Å²) >= 11 is 0. The summed E-state index contributed by atoms with van der Waals surface area (Å²) in [7, 11) is 1.77. The van der Waals surface area contributed by atoms with Gasteiger partial charge in [0.15, 0.2) is 0 Å². The zero-order chi connectivity index (χ0) is 14.4. The average Bonchev–Trinajstić information content (AvgIpc) is 2.28. The van der Waals surface area contributed by atoms with Crippen molar-refractivity contribution in [3.8, 4) is 0 Å². The minimum Gasteiger partial charge on any atom is -0.465 e. The lowest BCUT2D eigenvalue weighted by atomic mass is 9.94. The van der Waals surface area contributed by atoms with Crippen LogP contribution >= 0.6 is 0 Å². The largest absolute Gasteiger partial charge is 0.465 e. The van der Waals surface area contributed by atoms with E-state index in [0.717, 1.165) is 6.42 Å². The molecule has 0 fully saturated rings. The van der Waals surface area contributed by atoms with Gasteiger partial charge in [0.1, 0.15) is 5.54 Å². The van der Waals surface area contributed by atoms with Crippen LogP contribution in [0.1, 0.15) is 54.4 Å². The Labute approximate surface area is 111 Å². The molecular formula is C14H29NO3. The highest BCUT2D eigenvalue weighted by Gasteiger charge is 2.36. The first-order valence-electron chi connectivity index (χ1n) is 6.74. The molecule has 0 saturated carbocycles. The van der Waals surface area contributed by atoms with Crippen LogP contribution in [-0.4, -0.2) is 36.9 Å². The second-order valence-electron chi connectivity index (χ2n) is 5.55. The van der Waals surface area contributed by atoms with Gasteiger partial charge in [-0.3, -0.25) is 4.79 Å². The smallest absolute Gasteiger partial charge is 0.326 e. The summed E-state index contributed by atoms with van der Waals surface area (Å²) in [6, 6.07) is 0. The summed E-state index contributed by atoms with van der Waals surface area (Å²) < 4.78 is 11.1. The van der Waals surface area contributed by atoms with Crippen LogP contribution in [0.3, 0.4) is 0 Å². The fourth-order valence-corrected chi connectivity index (χ4v) is 1.82. The predicted molar refractivity (Wildman–Crippen MR) is 73.6 cm³/mol. The van der Waals surface area contributed by atoms with Crippen LogP contribution in [0.15, 0.2) is 0 Å². The van der Waals surface area contributed by atoms with Crippen molar-refractivity contribution in [1.29, 1.82) is 0 Å². The Morgan fingerprint density at radius 1 is 1.28 bits per heavy atom. The van der Waals surface area contributed by atoms with Crippen LogP contribution in [0.4, 0.5) is 0 Å². The van der Waals surface area contributed by atoms with Gasteiger partial charge in [0.2, 0.25) is 0 Å². The molecule has 18 heavy (non-hydrogen) atoms. The maximum Gasteiger partial charge on any atom is 0.326 e. The number of nitrogens with one attached hydrogen (secondary N) is 1. The number of rotatable bonds is 8. The molecule has 0 bridgehead atoms. The van der Waals surface area contributed by atoms with Gasteiger partial charge in [0.25, 0.3) is 0 Å². The number of likely N-dealkylation sites (N-methyl/N-ethyl adjacent to an activating group) is 1. The Balaban J connectivity index is 4.57. The van der Waals surface area contributed by atoms with Crippen LogP contribution in [0.2, 0.25) is 0 Å². The van der Waals surface area contributed by atoms with Crippen LogP contribution in [-0.2, 0) is 14.3 Å². The molecule has 0 aliphatic rings. The summed E-state index contributed by atoms with van der Waals surface area (Å²) in [6.45, 7) is 12.3. The van der Waals surface area contributed by atoms with E-state index >= 15 is 0 Å². The van der Waals surface area contributed by atoms with Crippen molar-refractivity contribution in [2.45, 2.75) is 71.6 Å². The lowest BCUT2D eigenvalue weighted by Crippen LogP contribution is -2.51. The second-order valence-corrected chi connectivity index (χ2v) is 5.55. The average molecular weight is 259 g/mol. The molecule has 1 N–H and O–H groups in total. The molecule has 0 amide bonds. The van der Waals surface area contributed by atoms with Gasteiger partial charge in [-0.1, -0.05) is 6.92 Å². The van der Waals surface area contributed by atoms with Gasteiger partial charge in [-0.15, -0.1) is 0 Å². The van der Waals surface area contributed by atoms with Gasteiger partial charge in [0, 0.05) is 6.42 Å². The summed E-state index contributed by atoms with van der Waals surface area (Å²) in [5.41, 5.74) is -0.859. The Bertz CT molecular complexity index is 266. The van der Waals surface area contributed by atoms with Gasteiger partial charge in [-0.25, -0.2) is 0 Å². The first kappa shape index (κ1) is 17.4. The zero-order valence-electron chi connectivity index (χ0n) is 12.9. The topological polar surface area (TPSA) is 47.6 Å². The van der Waals surface area contributed by atoms with Gasteiger partial charge in [0.05, 0.1) is 18.3 Å². The Hall–Kier alpha value is -0.610. The highest BCUT2D eigenvalue weighted by atomic mass is 16.5. The summed E-state index contributed by atoms with van der Waals surface area (Å²) in [5, 5.41) is 3.04. The fourth-order valence-electron chi connectivity index (χ4n) is 1.82. The van der Waals surface area contributed by atoms with Crippen LogP contribution < -0.4 is 5.32 Å². The molecule has 0 aromatic carbocycles. The quantitative estimate of drug-likeness (QED) is 0.680. The Morgan fingerprint density at radius 2 is 1.83 bits per heavy atom. The molecule has 0 heterocycles. The molecule has 0 radical (unpaired) electrons. The van der Waals surface area contributed by atoms with E-state index in [4.69, 9.17) is 9.47 Å². The van der Waals surface area contributed by atoms with Crippen LogP contribution in [0, 0.1) is 0 Å². The lowest BCUT2D eigenvalue weighted by molar-refractivity contribution is -0.153. The van der Waals surface area contributed by atoms with E-state index in [0.29, 0.717) is 13.0 Å². The van der Waals surface area contributed by atoms with E-state index in [1.165, 1.54) is 0 Å². The molecular weight excluding hydrogens is 230 g/mol. The molecule has 0 aliphatic heterocycles. The van der Waals surface area contributed by atoms with Crippen molar-refractivity contribution < 1.29 is 14.3 Å². The predicted octanol–water partition coefficient (Wildman–Crippen LogP) is 2.51. The molecule has 2 atom stereocenters. The number of hydrogen-bond acceptors (Lipinski definition) is 4. The van der Waals surface area contributed by atoms with E-state index in [2.05, 4.69) is 26.1 Å². The lowest BCUT2D eigenvalue weighted by Gasteiger charge is -2.33. The van der Waals surface area contributed by atoms with E-state index in [1.807, 2.05) is 20.8 Å². The second kappa shape index (κ2) is 7.10. The van der Waals surface area contributed by atoms with Crippen molar-refractivity contribution in [1.82, 2.24) is 5.32 Å². The van der Waals surface area contributed by atoms with Crippen molar-refractivity contribution in [3.63, 3.8) is 0 Å². The number of carbonyl (C=O) groups excluding carboxylic acids is 1. The molecule has 0 aliphatic carbocycles. The summed E-state index contributed by atoms with van der Waals surface area (Å²) in [4.78, 5) is 11.9. The minimum absolute atomic E-state index is 0.0122. The van der Waals surface area contributed by atoms with Gasteiger partial charge in [-0.2, -0.15) is 0 Å². The number of carbonyl (C=O) groups is 1. The molecule has 4 nitrogen and oxygen atoms in total. The number of esters is 1. The van der Waals surface area contributed by atoms with Gasteiger partial charge in [-0.05, 0) is 48.1 Å². The third-order valence-electron chi connectivity index (χ3n) is 3.35. The molecule has 0 rings (SSSR count). The third kappa shape index (κ3) is 5.36. The Kier molecular flexibility index (Phi) is 6.86. The SMILES string of the molecule is CCOC(=O)C(C)(CC(C)OC(C)(C)CC)NC. The third-order valence-corrected chi connectivity index (χ3v) is 3.35. The van der Waals surface area contributed by atoms with Crippen molar-refractivity contribution in [2.24, 2.45) is 0 Å². The van der Waals surface area contributed by atoms with E-state index in [1.54, 1.807) is 7.05 Å². The van der Waals surface area contributed by atoms with Gasteiger partial charge >= 0.3 is 5.97 Å². The number of ether oxygens (including phenoxy) is 2. The molecule has 4 heteroatoms.